The zero-order valence-corrected chi connectivity index (χ0v) is 28.3. The second kappa shape index (κ2) is 14.2. The summed E-state index contributed by atoms with van der Waals surface area (Å²) in [4.78, 5) is 33.5. The van der Waals surface area contributed by atoms with Crippen molar-refractivity contribution in [2.24, 2.45) is 4.99 Å². The molecule has 0 N–H and O–H groups in total. The van der Waals surface area contributed by atoms with Gasteiger partial charge in [-0.1, -0.05) is 94.0 Å². The molecule has 0 radical (unpaired) electrons. The smallest absolute Gasteiger partial charge is 0.338 e. The van der Waals surface area contributed by atoms with Crippen molar-refractivity contribution < 1.29 is 23.7 Å². The summed E-state index contributed by atoms with van der Waals surface area (Å²) in [5, 5.41) is 0. The Bertz CT molecular complexity index is 2120. The molecule has 1 aliphatic heterocycles. The van der Waals surface area contributed by atoms with Gasteiger partial charge in [-0.15, -0.1) is 0 Å². The van der Waals surface area contributed by atoms with Gasteiger partial charge in [0.25, 0.3) is 5.56 Å². The van der Waals surface area contributed by atoms with Gasteiger partial charge in [-0.2, -0.15) is 0 Å². The summed E-state index contributed by atoms with van der Waals surface area (Å²) >= 11 is 4.71. The molecular weight excluding hydrogens is 680 g/mol. The minimum absolute atomic E-state index is 0.170. The van der Waals surface area contributed by atoms with Gasteiger partial charge in [0, 0.05) is 15.6 Å². The first-order chi connectivity index (χ1) is 22.9. The number of hydrogen-bond acceptors (Lipinski definition) is 8. The van der Waals surface area contributed by atoms with Gasteiger partial charge in [0.2, 0.25) is 0 Å². The average molecular weight is 712 g/mol. The minimum atomic E-state index is -0.799. The highest BCUT2D eigenvalue weighted by molar-refractivity contribution is 9.10. The van der Waals surface area contributed by atoms with Crippen LogP contribution < -0.4 is 29.1 Å². The predicted octanol–water partition coefficient (Wildman–Crippen LogP) is 6.29. The van der Waals surface area contributed by atoms with E-state index in [1.165, 1.54) is 11.3 Å². The van der Waals surface area contributed by atoms with Gasteiger partial charge >= 0.3 is 5.97 Å². The molecule has 2 heterocycles. The maximum atomic E-state index is 14.4. The minimum Gasteiger partial charge on any atom is -0.497 e. The van der Waals surface area contributed by atoms with E-state index in [0.29, 0.717) is 50.0 Å². The molecule has 0 fully saturated rings. The summed E-state index contributed by atoms with van der Waals surface area (Å²) in [6.07, 6.45) is 1.78. The quantitative estimate of drug-likeness (QED) is 0.158. The van der Waals surface area contributed by atoms with Crippen LogP contribution in [0.1, 0.15) is 35.2 Å². The number of nitrogens with zero attached hydrogens (tertiary/aromatic N) is 2. The van der Waals surface area contributed by atoms with Crippen molar-refractivity contribution in [2.75, 3.05) is 20.8 Å². The van der Waals surface area contributed by atoms with Gasteiger partial charge < -0.3 is 18.9 Å². The first-order valence-corrected chi connectivity index (χ1v) is 16.5. The number of esters is 1. The third kappa shape index (κ3) is 6.65. The van der Waals surface area contributed by atoms with Crippen molar-refractivity contribution in [3.05, 3.63) is 149 Å². The number of halogens is 1. The lowest BCUT2D eigenvalue weighted by molar-refractivity contribution is -0.138. The third-order valence-corrected chi connectivity index (χ3v) is 9.13. The van der Waals surface area contributed by atoms with Gasteiger partial charge in [0.1, 0.15) is 12.4 Å². The maximum absolute atomic E-state index is 14.4. The van der Waals surface area contributed by atoms with Crippen LogP contribution in [0.2, 0.25) is 0 Å². The molecule has 0 saturated heterocycles. The van der Waals surface area contributed by atoms with Crippen molar-refractivity contribution >= 4 is 45.0 Å². The lowest BCUT2D eigenvalue weighted by atomic mass is 9.93. The Morgan fingerprint density at radius 1 is 0.936 bits per heavy atom. The number of ether oxygens (including phenoxy) is 4. The first kappa shape index (κ1) is 32.0. The van der Waals surface area contributed by atoms with Crippen molar-refractivity contribution in [2.45, 2.75) is 19.6 Å². The summed E-state index contributed by atoms with van der Waals surface area (Å²) < 4.78 is 25.8. The van der Waals surface area contributed by atoms with E-state index in [2.05, 4.69) is 15.9 Å². The number of benzene rings is 4. The molecule has 238 valence electrons. The van der Waals surface area contributed by atoms with E-state index in [1.807, 2.05) is 84.9 Å². The standard InChI is InChI=1S/C37H31BrN2O6S/c1-4-45-36(42)31-32(24-9-6-5-7-10-24)39-37-40(33(31)25-15-19-28(43-2)20-16-25)35(41)30(47-37)21-26-11-8-12-29(44-3)34(26)46-22-23-13-17-27(38)18-14-23/h5-21,33H,4,22H2,1-3H3/b30-21-/t33-/m1/s1. The largest absolute Gasteiger partial charge is 0.497 e. The Kier molecular flexibility index (Phi) is 9.70. The number of rotatable bonds is 10. The van der Waals surface area contributed by atoms with Crippen LogP contribution in [0.25, 0.3) is 11.8 Å². The van der Waals surface area contributed by atoms with Gasteiger partial charge in [0.05, 0.1) is 42.7 Å². The fourth-order valence-corrected chi connectivity index (χ4v) is 6.64. The van der Waals surface area contributed by atoms with Crippen molar-refractivity contribution in [1.82, 2.24) is 4.57 Å². The first-order valence-electron chi connectivity index (χ1n) is 14.9. The number of aromatic nitrogens is 1. The van der Waals surface area contributed by atoms with Crippen LogP contribution in [0, 0.1) is 0 Å². The number of carbonyl (C=O) groups is 1. The molecule has 0 saturated carbocycles. The van der Waals surface area contributed by atoms with Crippen LogP contribution in [-0.2, 0) is 16.1 Å². The molecule has 6 rings (SSSR count). The molecule has 47 heavy (non-hydrogen) atoms. The molecule has 1 aromatic heterocycles. The van der Waals surface area contributed by atoms with Crippen LogP contribution in [0.15, 0.2) is 117 Å². The van der Waals surface area contributed by atoms with Gasteiger partial charge in [0.15, 0.2) is 16.3 Å². The molecule has 5 aromatic rings. The van der Waals surface area contributed by atoms with E-state index in [1.54, 1.807) is 43.9 Å². The van der Waals surface area contributed by atoms with Gasteiger partial charge in [-0.3, -0.25) is 9.36 Å². The highest BCUT2D eigenvalue weighted by atomic mass is 79.9. The molecule has 8 nitrogen and oxygen atoms in total. The Labute approximate surface area is 284 Å². The fourth-order valence-electron chi connectivity index (χ4n) is 5.38. The second-order valence-electron chi connectivity index (χ2n) is 10.5. The molecule has 4 aromatic carbocycles. The normalized spacial score (nSPS) is 14.3. The number of fused-ring (bicyclic) bond motifs is 1. The number of carbonyl (C=O) groups excluding carboxylic acids is 1. The Hall–Kier alpha value is -4.93. The number of para-hydroxylation sites is 1. The third-order valence-electron chi connectivity index (χ3n) is 7.62. The Balaban J connectivity index is 1.54. The second-order valence-corrected chi connectivity index (χ2v) is 12.4. The summed E-state index contributed by atoms with van der Waals surface area (Å²) in [7, 11) is 3.17. The summed E-state index contributed by atoms with van der Waals surface area (Å²) in [5.74, 6) is 1.16. The number of hydrogen-bond donors (Lipinski definition) is 0. The van der Waals surface area contributed by atoms with Crippen LogP contribution in [0.4, 0.5) is 0 Å². The van der Waals surface area contributed by atoms with E-state index in [9.17, 15) is 9.59 Å². The van der Waals surface area contributed by atoms with Gasteiger partial charge in [-0.25, -0.2) is 9.79 Å². The highest BCUT2D eigenvalue weighted by Crippen LogP contribution is 2.36. The fraction of sp³-hybridized carbons (Fsp3) is 0.162. The molecular formula is C37H31BrN2O6S. The SMILES string of the molecule is CCOC(=O)C1=C(c2ccccc2)N=c2s/c(=C\c3cccc(OC)c3OCc3ccc(Br)cc3)c(=O)n2[C@@H]1c1ccc(OC)cc1. The van der Waals surface area contributed by atoms with E-state index in [4.69, 9.17) is 23.9 Å². The maximum Gasteiger partial charge on any atom is 0.338 e. The molecule has 0 spiro atoms. The summed E-state index contributed by atoms with van der Waals surface area (Å²) in [5.41, 5.74) is 3.53. The van der Waals surface area contributed by atoms with Crippen molar-refractivity contribution in [1.29, 1.82) is 0 Å². The zero-order valence-electron chi connectivity index (χ0n) is 25.9. The average Bonchev–Trinajstić information content (AvgIpc) is 3.41. The highest BCUT2D eigenvalue weighted by Gasteiger charge is 2.35. The monoisotopic (exact) mass is 710 g/mol. The lowest BCUT2D eigenvalue weighted by Gasteiger charge is -2.26. The van der Waals surface area contributed by atoms with Crippen LogP contribution in [0.5, 0.6) is 17.2 Å². The molecule has 1 aliphatic rings. The van der Waals surface area contributed by atoms with E-state index >= 15 is 0 Å². The molecule has 1 atom stereocenters. The molecule has 0 amide bonds. The van der Waals surface area contributed by atoms with Gasteiger partial charge in [-0.05, 0) is 54.5 Å². The molecule has 0 bridgehead atoms. The van der Waals surface area contributed by atoms with Crippen LogP contribution in [0.3, 0.4) is 0 Å². The van der Waals surface area contributed by atoms with Crippen LogP contribution >= 0.6 is 27.3 Å². The van der Waals surface area contributed by atoms with Crippen molar-refractivity contribution in [3.63, 3.8) is 0 Å². The number of methoxy groups -OCH3 is 2. The Morgan fingerprint density at radius 3 is 2.36 bits per heavy atom. The van der Waals surface area contributed by atoms with Crippen LogP contribution in [-0.4, -0.2) is 31.4 Å². The Morgan fingerprint density at radius 2 is 1.68 bits per heavy atom. The van der Waals surface area contributed by atoms with E-state index in [-0.39, 0.29) is 17.7 Å². The van der Waals surface area contributed by atoms with E-state index < -0.39 is 12.0 Å². The zero-order chi connectivity index (χ0) is 32.9. The van der Waals surface area contributed by atoms with E-state index in [0.717, 1.165) is 15.6 Å². The molecule has 0 aliphatic carbocycles. The summed E-state index contributed by atoms with van der Waals surface area (Å²) in [6.45, 7) is 2.22. The number of thiazole rings is 1. The predicted molar refractivity (Wildman–Crippen MR) is 186 cm³/mol. The lowest BCUT2D eigenvalue weighted by Crippen LogP contribution is -2.40. The molecule has 0 unspecified atom stereocenters. The summed E-state index contributed by atoms with van der Waals surface area (Å²) in [6, 6.07) is 29.4. The molecule has 10 heteroatoms. The van der Waals surface area contributed by atoms with Crippen molar-refractivity contribution in [3.8, 4) is 17.2 Å². The topological polar surface area (TPSA) is 88.4 Å².